The maximum absolute atomic E-state index is 14.6. The summed E-state index contributed by atoms with van der Waals surface area (Å²) in [5.41, 5.74) is 1.80. The summed E-state index contributed by atoms with van der Waals surface area (Å²) < 4.78 is 58.5. The molecular weight excluding hydrogens is 473 g/mol. The zero-order valence-electron chi connectivity index (χ0n) is 19.8. The van der Waals surface area contributed by atoms with Crippen LogP contribution in [0.2, 0.25) is 0 Å². The maximum Gasteiger partial charge on any atom is 0.308 e. The third-order valence-corrected chi connectivity index (χ3v) is 6.05. The fourth-order valence-corrected chi connectivity index (χ4v) is 4.37. The molecule has 3 aromatic rings. The second-order valence-corrected chi connectivity index (χ2v) is 8.85. The number of rotatable bonds is 9. The van der Waals surface area contributed by atoms with Crippen LogP contribution >= 0.6 is 0 Å². The van der Waals surface area contributed by atoms with Gasteiger partial charge in [-0.1, -0.05) is 12.1 Å². The predicted octanol–water partition coefficient (Wildman–Crippen LogP) is 5.46. The zero-order chi connectivity index (χ0) is 25.7. The van der Waals surface area contributed by atoms with E-state index < -0.39 is 35.7 Å². The number of carbonyl (C=O) groups excluding carboxylic acids is 1. The van der Waals surface area contributed by atoms with Gasteiger partial charge in [0.1, 0.15) is 41.7 Å². The second-order valence-electron chi connectivity index (χ2n) is 8.85. The Morgan fingerprint density at radius 2 is 1.64 bits per heavy atom. The molecule has 0 aliphatic carbocycles. The molecule has 0 aromatic heterocycles. The van der Waals surface area contributed by atoms with Gasteiger partial charge in [0.05, 0.1) is 19.1 Å². The van der Waals surface area contributed by atoms with Crippen LogP contribution in [0.4, 0.5) is 13.2 Å². The molecule has 0 amide bonds. The Morgan fingerprint density at radius 1 is 0.972 bits per heavy atom. The van der Waals surface area contributed by atoms with Crippen molar-refractivity contribution in [3.63, 3.8) is 0 Å². The molecule has 1 N–H and O–H groups in total. The second kappa shape index (κ2) is 11.5. The molecule has 190 valence electrons. The number of hydrogen-bond acceptors (Lipinski definition) is 5. The summed E-state index contributed by atoms with van der Waals surface area (Å²) in [6.07, 6.45) is -0.861. The first-order chi connectivity index (χ1) is 17.3. The average molecular weight is 501 g/mol. The van der Waals surface area contributed by atoms with Crippen LogP contribution in [0.3, 0.4) is 0 Å². The van der Waals surface area contributed by atoms with E-state index in [2.05, 4.69) is 0 Å². The summed E-state index contributed by atoms with van der Waals surface area (Å²) in [7, 11) is 0. The first-order valence-corrected chi connectivity index (χ1v) is 11.7. The minimum Gasteiger partial charge on any atom is -0.494 e. The van der Waals surface area contributed by atoms with Crippen LogP contribution < -0.4 is 9.47 Å². The quantitative estimate of drug-likeness (QED) is 0.396. The van der Waals surface area contributed by atoms with Gasteiger partial charge in [-0.3, -0.25) is 4.79 Å². The number of benzene rings is 3. The van der Waals surface area contributed by atoms with Crippen molar-refractivity contribution in [2.24, 2.45) is 0 Å². The van der Waals surface area contributed by atoms with Crippen molar-refractivity contribution in [2.45, 2.75) is 44.3 Å². The van der Waals surface area contributed by atoms with Crippen LogP contribution in [-0.4, -0.2) is 36.5 Å². The van der Waals surface area contributed by atoms with Crippen molar-refractivity contribution in [3.05, 3.63) is 94.8 Å². The molecule has 1 aliphatic heterocycles. The van der Waals surface area contributed by atoms with Crippen LogP contribution in [0, 0.1) is 24.4 Å². The number of aliphatic hydroxyl groups excluding tert-OH is 1. The Labute approximate surface area is 207 Å². The highest BCUT2D eigenvalue weighted by Gasteiger charge is 2.29. The van der Waals surface area contributed by atoms with Crippen LogP contribution in [-0.2, 0) is 9.53 Å². The topological polar surface area (TPSA) is 65.0 Å². The smallest absolute Gasteiger partial charge is 0.308 e. The normalized spacial score (nSPS) is 18.4. The summed E-state index contributed by atoms with van der Waals surface area (Å²) in [6, 6.07) is 14.3. The first kappa shape index (κ1) is 25.6. The van der Waals surface area contributed by atoms with Crippen molar-refractivity contribution in [2.75, 3.05) is 13.2 Å². The van der Waals surface area contributed by atoms with E-state index >= 15 is 0 Å². The zero-order valence-corrected chi connectivity index (χ0v) is 19.8. The van der Waals surface area contributed by atoms with Crippen LogP contribution in [0.1, 0.15) is 41.9 Å². The Balaban J connectivity index is 1.60. The van der Waals surface area contributed by atoms with Gasteiger partial charge in [0, 0.05) is 17.9 Å². The molecule has 4 rings (SSSR count). The van der Waals surface area contributed by atoms with Gasteiger partial charge in [-0.15, -0.1) is 0 Å². The molecule has 1 aliphatic rings. The molecule has 0 saturated carbocycles. The van der Waals surface area contributed by atoms with Crippen molar-refractivity contribution >= 4 is 5.97 Å². The van der Waals surface area contributed by atoms with Crippen molar-refractivity contribution in [3.8, 4) is 11.5 Å². The summed E-state index contributed by atoms with van der Waals surface area (Å²) in [4.78, 5) is 11.7. The van der Waals surface area contributed by atoms with Gasteiger partial charge in [-0.25, -0.2) is 13.2 Å². The minimum atomic E-state index is -0.802. The van der Waals surface area contributed by atoms with E-state index in [9.17, 15) is 23.1 Å². The maximum atomic E-state index is 14.6. The summed E-state index contributed by atoms with van der Waals surface area (Å²) >= 11 is 0. The molecule has 0 radical (unpaired) electrons. The SMILES string of the molecule is Cc1cc(F)cc([C@@H](CCOc2ccc(F)cc2)c2ccc(F)cc2)c1OCC1CC(O)CC(=O)O1. The van der Waals surface area contributed by atoms with Gasteiger partial charge in [-0.05, 0) is 73.0 Å². The van der Waals surface area contributed by atoms with Crippen molar-refractivity contribution < 1.29 is 37.3 Å². The molecule has 8 heteroatoms. The van der Waals surface area contributed by atoms with Gasteiger partial charge in [0.2, 0.25) is 0 Å². The lowest BCUT2D eigenvalue weighted by atomic mass is 9.87. The Morgan fingerprint density at radius 3 is 2.31 bits per heavy atom. The number of aliphatic hydroxyl groups is 1. The molecule has 1 saturated heterocycles. The number of halogens is 3. The van der Waals surface area contributed by atoms with E-state index in [0.717, 1.165) is 5.56 Å². The first-order valence-electron chi connectivity index (χ1n) is 11.7. The summed E-state index contributed by atoms with van der Waals surface area (Å²) in [5.74, 6) is -1.25. The van der Waals surface area contributed by atoms with E-state index in [1.54, 1.807) is 19.1 Å². The summed E-state index contributed by atoms with van der Waals surface area (Å²) in [5, 5.41) is 9.89. The lowest BCUT2D eigenvalue weighted by Gasteiger charge is -2.28. The number of aryl methyl sites for hydroxylation is 1. The molecule has 3 aromatic carbocycles. The van der Waals surface area contributed by atoms with Crippen molar-refractivity contribution in [1.82, 2.24) is 0 Å². The van der Waals surface area contributed by atoms with Crippen molar-refractivity contribution in [1.29, 1.82) is 0 Å². The Hall–Kier alpha value is -3.52. The largest absolute Gasteiger partial charge is 0.494 e. The molecule has 2 unspecified atom stereocenters. The number of hydrogen-bond donors (Lipinski definition) is 1. The van der Waals surface area contributed by atoms with Crippen LogP contribution in [0.5, 0.6) is 11.5 Å². The lowest BCUT2D eigenvalue weighted by molar-refractivity contribution is -0.162. The van der Waals surface area contributed by atoms with E-state index in [0.29, 0.717) is 29.0 Å². The predicted molar refractivity (Wildman–Crippen MR) is 127 cm³/mol. The Bertz CT molecular complexity index is 1180. The summed E-state index contributed by atoms with van der Waals surface area (Å²) in [6.45, 7) is 1.92. The number of ether oxygens (including phenoxy) is 3. The van der Waals surface area contributed by atoms with Gasteiger partial charge < -0.3 is 19.3 Å². The molecule has 5 nitrogen and oxygen atoms in total. The molecule has 36 heavy (non-hydrogen) atoms. The number of cyclic esters (lactones) is 1. The van der Waals surface area contributed by atoms with Crippen LogP contribution in [0.25, 0.3) is 0 Å². The molecule has 0 spiro atoms. The van der Waals surface area contributed by atoms with E-state index in [4.69, 9.17) is 14.2 Å². The highest BCUT2D eigenvalue weighted by atomic mass is 19.1. The molecule has 1 fully saturated rings. The molecule has 1 heterocycles. The lowest BCUT2D eigenvalue weighted by Crippen LogP contribution is -2.36. The van der Waals surface area contributed by atoms with Gasteiger partial charge in [0.15, 0.2) is 0 Å². The monoisotopic (exact) mass is 500 g/mol. The number of esters is 1. The third-order valence-electron chi connectivity index (χ3n) is 6.05. The van der Waals surface area contributed by atoms with E-state index in [1.165, 1.54) is 48.5 Å². The fraction of sp³-hybridized carbons (Fsp3) is 0.321. The highest BCUT2D eigenvalue weighted by Crippen LogP contribution is 2.38. The van der Waals surface area contributed by atoms with Gasteiger partial charge >= 0.3 is 5.97 Å². The number of carbonyl (C=O) groups is 1. The van der Waals surface area contributed by atoms with Crippen LogP contribution in [0.15, 0.2) is 60.7 Å². The molecule has 3 atom stereocenters. The Kier molecular flexibility index (Phi) is 8.15. The van der Waals surface area contributed by atoms with Gasteiger partial charge in [0.25, 0.3) is 0 Å². The fourth-order valence-electron chi connectivity index (χ4n) is 4.37. The third kappa shape index (κ3) is 6.57. The molecular formula is C28H27F3O5. The molecule has 0 bridgehead atoms. The standard InChI is InChI=1S/C28H27F3O5/c1-17-12-21(31)13-26(28(17)35-16-24-14-22(32)15-27(33)36-24)25(18-2-4-19(29)5-3-18)10-11-34-23-8-6-20(30)7-9-23/h2-9,12-13,22,24-25,32H,10-11,14-16H2,1H3/t22?,24?,25-/m0/s1. The minimum absolute atomic E-state index is 0.00943. The highest BCUT2D eigenvalue weighted by molar-refractivity contribution is 5.71. The average Bonchev–Trinajstić information content (AvgIpc) is 2.82. The van der Waals surface area contributed by atoms with E-state index in [-0.39, 0.29) is 31.9 Å². The van der Waals surface area contributed by atoms with Gasteiger partial charge in [-0.2, -0.15) is 0 Å². The van der Waals surface area contributed by atoms with E-state index in [1.807, 2.05) is 0 Å².